The van der Waals surface area contributed by atoms with Gasteiger partial charge in [-0.25, -0.2) is 4.98 Å². The van der Waals surface area contributed by atoms with Gasteiger partial charge in [-0.1, -0.05) is 48.0 Å². The minimum absolute atomic E-state index is 0.566. The van der Waals surface area contributed by atoms with Crippen LogP contribution in [0.2, 0.25) is 10.0 Å². The molecule has 1 aromatic carbocycles. The molecule has 24 heavy (non-hydrogen) atoms. The smallest absolute Gasteiger partial charge is 0.202 e. The van der Waals surface area contributed by atoms with E-state index in [9.17, 15) is 5.26 Å². The van der Waals surface area contributed by atoms with Gasteiger partial charge in [0.25, 0.3) is 5.03 Å². The van der Waals surface area contributed by atoms with Gasteiger partial charge in [-0.15, -0.1) is 0 Å². The van der Waals surface area contributed by atoms with Crippen LogP contribution in [0.1, 0.15) is 47.7 Å². The molecule has 0 saturated carbocycles. The quantitative estimate of drug-likeness (QED) is 0.667. The summed E-state index contributed by atoms with van der Waals surface area (Å²) in [6.45, 7) is 2.17. The van der Waals surface area contributed by atoms with Gasteiger partial charge in [0, 0.05) is 17.7 Å². The van der Waals surface area contributed by atoms with Crippen LogP contribution in [0.5, 0.6) is 0 Å². The molecule has 0 spiro atoms. The topological polar surface area (TPSA) is 37.9 Å². The Balaban J connectivity index is 1.92. The largest absolute Gasteiger partial charge is 0.257 e. The third-order valence-electron chi connectivity index (χ3n) is 4.46. The molecule has 0 fully saturated rings. The van der Waals surface area contributed by atoms with Crippen LogP contribution >= 0.6 is 35.0 Å². The third-order valence-corrected chi connectivity index (χ3v) is 6.27. The molecule has 124 valence electrons. The number of pyridine rings is 1. The van der Waals surface area contributed by atoms with E-state index in [4.69, 9.17) is 23.2 Å². The maximum atomic E-state index is 9.69. The normalized spacial score (nSPS) is 13.4. The predicted molar refractivity (Wildman–Crippen MR) is 99.8 cm³/mol. The number of benzene rings is 1. The standard InChI is InChI=1S/C19H18Cl2N2S/c1-2-18-14-6-4-3-5-13(14)15(10-22)19(23-18)24-11-12-7-8-16(20)17(21)9-12/h7-9H,2-6,11H2,1H3/p+1. The lowest BCUT2D eigenvalue weighted by atomic mass is 9.87. The molecule has 5 heteroatoms. The van der Waals surface area contributed by atoms with Crippen LogP contribution in [0.15, 0.2) is 23.2 Å². The highest BCUT2D eigenvalue weighted by atomic mass is 35.5. The number of nitrogens with zero attached hydrogens (tertiary/aromatic N) is 1. The van der Waals surface area contributed by atoms with Crippen molar-refractivity contribution in [2.75, 3.05) is 0 Å². The number of nitriles is 1. The Morgan fingerprint density at radius 3 is 2.58 bits per heavy atom. The Bertz CT molecular complexity index is 812. The first-order valence-electron chi connectivity index (χ1n) is 8.20. The number of nitrogens with one attached hydrogen (secondary N) is 1. The number of halogens is 2. The molecule has 3 rings (SSSR count). The number of H-pyrrole nitrogens is 1. The molecule has 0 atom stereocenters. The molecular formula is C19H19Cl2N2S+. The zero-order valence-corrected chi connectivity index (χ0v) is 15.9. The van der Waals surface area contributed by atoms with E-state index in [0.29, 0.717) is 10.0 Å². The van der Waals surface area contributed by atoms with Crippen molar-refractivity contribution in [3.8, 4) is 6.07 Å². The van der Waals surface area contributed by atoms with E-state index in [1.54, 1.807) is 11.8 Å². The molecule has 0 unspecified atom stereocenters. The number of rotatable bonds is 4. The van der Waals surface area contributed by atoms with E-state index < -0.39 is 0 Å². The van der Waals surface area contributed by atoms with Crippen molar-refractivity contribution in [3.05, 3.63) is 56.2 Å². The zero-order chi connectivity index (χ0) is 17.1. The second kappa shape index (κ2) is 7.78. The summed E-state index contributed by atoms with van der Waals surface area (Å²) < 4.78 is 0. The van der Waals surface area contributed by atoms with E-state index in [1.165, 1.54) is 29.7 Å². The van der Waals surface area contributed by atoms with Gasteiger partial charge in [-0.3, -0.25) is 0 Å². The summed E-state index contributed by atoms with van der Waals surface area (Å²) in [6.07, 6.45) is 5.45. The van der Waals surface area contributed by atoms with Gasteiger partial charge in [0.15, 0.2) is 5.69 Å². The molecule has 0 bridgehead atoms. The minimum Gasteiger partial charge on any atom is -0.202 e. The maximum Gasteiger partial charge on any atom is 0.257 e. The van der Waals surface area contributed by atoms with Crippen LogP contribution in [0.25, 0.3) is 0 Å². The molecule has 0 saturated heterocycles. The SMILES string of the molecule is CCc1[nH+]c(SCc2ccc(Cl)c(Cl)c2)c(C#N)c2c1CCCC2. The van der Waals surface area contributed by atoms with E-state index in [-0.39, 0.29) is 0 Å². The number of thioether (sulfide) groups is 1. The summed E-state index contributed by atoms with van der Waals surface area (Å²) in [5.41, 5.74) is 5.84. The van der Waals surface area contributed by atoms with Crippen LogP contribution < -0.4 is 4.98 Å². The van der Waals surface area contributed by atoms with Crippen LogP contribution in [0.4, 0.5) is 0 Å². The summed E-state index contributed by atoms with van der Waals surface area (Å²) in [7, 11) is 0. The van der Waals surface area contributed by atoms with Gasteiger partial charge in [-0.05, 0) is 48.9 Å². The van der Waals surface area contributed by atoms with Gasteiger partial charge in [0.2, 0.25) is 0 Å². The van der Waals surface area contributed by atoms with E-state index in [0.717, 1.165) is 41.2 Å². The van der Waals surface area contributed by atoms with Gasteiger partial charge in [-0.2, -0.15) is 5.26 Å². The first kappa shape index (κ1) is 17.6. The average molecular weight is 378 g/mol. The number of hydrogen-bond acceptors (Lipinski definition) is 2. The molecule has 0 aliphatic heterocycles. The van der Waals surface area contributed by atoms with Gasteiger partial charge >= 0.3 is 0 Å². The lowest BCUT2D eigenvalue weighted by Crippen LogP contribution is -2.23. The highest BCUT2D eigenvalue weighted by Gasteiger charge is 2.26. The molecule has 1 heterocycles. The van der Waals surface area contributed by atoms with Crippen molar-refractivity contribution in [2.24, 2.45) is 0 Å². The van der Waals surface area contributed by atoms with Crippen molar-refractivity contribution in [3.63, 3.8) is 0 Å². The van der Waals surface area contributed by atoms with Gasteiger partial charge < -0.3 is 0 Å². The second-order valence-corrected chi connectivity index (χ2v) is 7.77. The Kier molecular flexibility index (Phi) is 5.71. The molecule has 1 aromatic heterocycles. The van der Waals surface area contributed by atoms with Crippen molar-refractivity contribution < 1.29 is 4.98 Å². The number of aromatic amines is 1. The summed E-state index contributed by atoms with van der Waals surface area (Å²) in [6, 6.07) is 8.12. The summed E-state index contributed by atoms with van der Waals surface area (Å²) >= 11 is 13.7. The van der Waals surface area contributed by atoms with Gasteiger partial charge in [0.05, 0.1) is 10.0 Å². The molecular weight excluding hydrogens is 359 g/mol. The molecule has 0 radical (unpaired) electrons. The van der Waals surface area contributed by atoms with Crippen LogP contribution in [0, 0.1) is 11.3 Å². The summed E-state index contributed by atoms with van der Waals surface area (Å²) in [5, 5.41) is 11.8. The Hall–Kier alpha value is -1.21. The Morgan fingerprint density at radius 2 is 1.92 bits per heavy atom. The zero-order valence-electron chi connectivity index (χ0n) is 13.6. The molecule has 0 amide bonds. The second-order valence-electron chi connectivity index (χ2n) is 5.97. The Morgan fingerprint density at radius 1 is 1.17 bits per heavy atom. The highest BCUT2D eigenvalue weighted by Crippen LogP contribution is 2.32. The number of hydrogen-bond donors (Lipinski definition) is 0. The van der Waals surface area contributed by atoms with E-state index in [1.807, 2.05) is 18.2 Å². The molecule has 1 aliphatic carbocycles. The summed E-state index contributed by atoms with van der Waals surface area (Å²) in [4.78, 5) is 3.52. The molecule has 2 aromatic rings. The molecule has 1 aliphatic rings. The fourth-order valence-electron chi connectivity index (χ4n) is 3.24. The fraction of sp³-hybridized carbons (Fsp3) is 0.368. The monoisotopic (exact) mass is 377 g/mol. The van der Waals surface area contributed by atoms with Crippen LogP contribution in [-0.2, 0) is 25.0 Å². The first-order valence-corrected chi connectivity index (χ1v) is 9.95. The number of fused-ring (bicyclic) bond motifs is 1. The van der Waals surface area contributed by atoms with E-state index >= 15 is 0 Å². The van der Waals surface area contributed by atoms with Crippen molar-refractivity contribution in [1.29, 1.82) is 5.26 Å². The van der Waals surface area contributed by atoms with Crippen molar-refractivity contribution >= 4 is 35.0 Å². The van der Waals surface area contributed by atoms with Crippen LogP contribution in [-0.4, -0.2) is 0 Å². The van der Waals surface area contributed by atoms with Crippen molar-refractivity contribution in [1.82, 2.24) is 0 Å². The summed E-state index contributed by atoms with van der Waals surface area (Å²) in [5.74, 6) is 0.754. The lowest BCUT2D eigenvalue weighted by molar-refractivity contribution is -0.438. The lowest BCUT2D eigenvalue weighted by Gasteiger charge is -2.17. The third kappa shape index (κ3) is 3.57. The van der Waals surface area contributed by atoms with Crippen molar-refractivity contribution in [2.45, 2.75) is 49.8 Å². The minimum atomic E-state index is 0.566. The van der Waals surface area contributed by atoms with Gasteiger partial charge in [0.1, 0.15) is 11.6 Å². The number of aromatic nitrogens is 1. The molecule has 2 nitrogen and oxygen atoms in total. The fourth-order valence-corrected chi connectivity index (χ4v) is 4.56. The van der Waals surface area contributed by atoms with E-state index in [2.05, 4.69) is 18.0 Å². The highest BCUT2D eigenvalue weighted by molar-refractivity contribution is 7.98. The first-order chi connectivity index (χ1) is 11.6. The average Bonchev–Trinajstić information content (AvgIpc) is 2.61. The van der Waals surface area contributed by atoms with Crippen LogP contribution in [0.3, 0.4) is 0 Å². The Labute approximate surface area is 157 Å². The predicted octanol–water partition coefficient (Wildman–Crippen LogP) is 5.41. The number of aryl methyl sites for hydroxylation is 1. The molecule has 1 N–H and O–H groups in total. The maximum absolute atomic E-state index is 9.69.